The summed E-state index contributed by atoms with van der Waals surface area (Å²) >= 11 is 0. The van der Waals surface area contributed by atoms with Crippen LogP contribution in [0.15, 0.2) is 43.0 Å². The van der Waals surface area contributed by atoms with Crippen molar-refractivity contribution in [3.05, 3.63) is 65.5 Å². The van der Waals surface area contributed by atoms with Crippen molar-refractivity contribution in [2.24, 2.45) is 0 Å². The van der Waals surface area contributed by atoms with Crippen molar-refractivity contribution in [1.82, 2.24) is 29.7 Å². The summed E-state index contributed by atoms with van der Waals surface area (Å²) in [5.41, 5.74) is 3.09. The largest absolute Gasteiger partial charge is 0.451 e. The molecule has 1 atom stereocenters. The molecule has 0 saturated carbocycles. The fourth-order valence-electron chi connectivity index (χ4n) is 4.18. The van der Waals surface area contributed by atoms with Crippen molar-refractivity contribution in [3.63, 3.8) is 0 Å². The van der Waals surface area contributed by atoms with Crippen LogP contribution in [0, 0.1) is 13.8 Å². The molecule has 1 aliphatic rings. The van der Waals surface area contributed by atoms with Crippen LogP contribution in [-0.2, 0) is 27.0 Å². The molecule has 1 fully saturated rings. The first-order valence-electron chi connectivity index (χ1n) is 11.9. The fraction of sp³-hybridized carbons (Fsp3) is 0.400. The Morgan fingerprint density at radius 2 is 1.87 bits per heavy atom. The maximum atomic E-state index is 13.6. The van der Waals surface area contributed by atoms with Gasteiger partial charge in [-0.25, -0.2) is 15.0 Å². The summed E-state index contributed by atoms with van der Waals surface area (Å²) < 4.78 is 47.2. The van der Waals surface area contributed by atoms with E-state index in [2.05, 4.69) is 20.3 Å². The zero-order valence-corrected chi connectivity index (χ0v) is 21.2. The Labute approximate surface area is 217 Å². The number of carbonyl (C=O) groups is 2. The number of methoxy groups -OCH3 is 1. The first kappa shape index (κ1) is 27.0. The molecule has 10 nitrogen and oxygen atoms in total. The van der Waals surface area contributed by atoms with E-state index in [9.17, 15) is 22.8 Å². The van der Waals surface area contributed by atoms with Gasteiger partial charge in [0.2, 0.25) is 17.6 Å². The number of nitrogens with one attached hydrogen (secondary N) is 1. The van der Waals surface area contributed by atoms with Gasteiger partial charge in [-0.2, -0.15) is 13.2 Å². The topological polar surface area (TPSA) is 105 Å². The highest BCUT2D eigenvalue weighted by atomic mass is 19.4. The van der Waals surface area contributed by atoms with Crippen LogP contribution in [-0.4, -0.2) is 75.6 Å². The highest BCUT2D eigenvalue weighted by Crippen LogP contribution is 2.29. The lowest BCUT2D eigenvalue weighted by Crippen LogP contribution is -2.61. The maximum Gasteiger partial charge on any atom is 0.451 e. The number of benzene rings is 1. The van der Waals surface area contributed by atoms with Crippen LogP contribution in [0.2, 0.25) is 0 Å². The average Bonchev–Trinajstić information content (AvgIpc) is 3.43. The molecule has 2 amide bonds. The van der Waals surface area contributed by atoms with Crippen LogP contribution in [0.4, 0.5) is 19.0 Å². The third-order valence-corrected chi connectivity index (χ3v) is 6.35. The van der Waals surface area contributed by atoms with Crippen LogP contribution >= 0.6 is 0 Å². The van der Waals surface area contributed by atoms with E-state index in [1.807, 2.05) is 32.0 Å². The number of ether oxygens (including phenoxy) is 1. The quantitative estimate of drug-likeness (QED) is 0.499. The number of amides is 2. The second-order valence-electron chi connectivity index (χ2n) is 8.99. The SMILES string of the molecule is COCC(=O)N1CCN(c2cc(-n3ccnc3)nc(C(F)(F)F)n2)CC1C(=O)NCc1ccc(C)c(C)c1. The molecule has 1 unspecified atom stereocenters. The van der Waals surface area contributed by atoms with E-state index in [1.54, 1.807) is 4.90 Å². The normalized spacial score (nSPS) is 16.0. The second-order valence-corrected chi connectivity index (χ2v) is 8.99. The first-order chi connectivity index (χ1) is 18.1. The number of anilines is 1. The van der Waals surface area contributed by atoms with Crippen LogP contribution < -0.4 is 10.2 Å². The Balaban J connectivity index is 1.61. The highest BCUT2D eigenvalue weighted by molar-refractivity contribution is 5.89. The predicted octanol–water partition coefficient (Wildman–Crippen LogP) is 2.28. The minimum absolute atomic E-state index is 0.0122. The zero-order valence-electron chi connectivity index (χ0n) is 21.2. The molecule has 38 heavy (non-hydrogen) atoms. The third-order valence-electron chi connectivity index (χ3n) is 6.35. The minimum Gasteiger partial charge on any atom is -0.375 e. The first-order valence-corrected chi connectivity index (χ1v) is 11.9. The maximum absolute atomic E-state index is 13.6. The van der Waals surface area contributed by atoms with Gasteiger partial charge in [0.15, 0.2) is 0 Å². The summed E-state index contributed by atoms with van der Waals surface area (Å²) in [4.78, 5) is 40.2. The van der Waals surface area contributed by atoms with E-state index in [1.165, 1.54) is 41.4 Å². The number of nitrogens with zero attached hydrogens (tertiary/aromatic N) is 6. The van der Waals surface area contributed by atoms with Crippen molar-refractivity contribution in [2.75, 3.05) is 38.3 Å². The molecule has 0 radical (unpaired) electrons. The van der Waals surface area contributed by atoms with Gasteiger partial charge in [-0.1, -0.05) is 18.2 Å². The van der Waals surface area contributed by atoms with E-state index in [0.29, 0.717) is 0 Å². The number of halogens is 3. The van der Waals surface area contributed by atoms with E-state index in [4.69, 9.17) is 4.74 Å². The van der Waals surface area contributed by atoms with Crippen LogP contribution in [0.1, 0.15) is 22.5 Å². The Morgan fingerprint density at radius 1 is 1.11 bits per heavy atom. The lowest BCUT2D eigenvalue weighted by molar-refractivity contribution is -0.145. The number of aromatic nitrogens is 4. The monoisotopic (exact) mass is 531 g/mol. The number of rotatable bonds is 7. The number of hydrogen-bond acceptors (Lipinski definition) is 7. The summed E-state index contributed by atoms with van der Waals surface area (Å²) in [6, 6.07) is 6.25. The number of aryl methyl sites for hydroxylation is 2. The lowest BCUT2D eigenvalue weighted by atomic mass is 10.1. The summed E-state index contributed by atoms with van der Waals surface area (Å²) in [7, 11) is 1.38. The number of piperazine rings is 1. The molecule has 2 aromatic heterocycles. The van der Waals surface area contributed by atoms with Gasteiger partial charge in [-0.15, -0.1) is 0 Å². The molecule has 202 valence electrons. The van der Waals surface area contributed by atoms with Crippen molar-refractivity contribution < 1.29 is 27.5 Å². The molecular formula is C25H28F3N7O3. The average molecular weight is 532 g/mol. The number of imidazole rings is 1. The number of hydrogen-bond donors (Lipinski definition) is 1. The minimum atomic E-state index is -4.79. The van der Waals surface area contributed by atoms with Crippen molar-refractivity contribution in [1.29, 1.82) is 0 Å². The smallest absolute Gasteiger partial charge is 0.375 e. The van der Waals surface area contributed by atoms with Crippen LogP contribution in [0.5, 0.6) is 0 Å². The number of carbonyl (C=O) groups excluding carboxylic acids is 2. The Kier molecular flexibility index (Phi) is 7.95. The van der Waals surface area contributed by atoms with E-state index < -0.39 is 29.9 Å². The van der Waals surface area contributed by atoms with Gasteiger partial charge in [0.1, 0.15) is 30.6 Å². The van der Waals surface area contributed by atoms with Crippen LogP contribution in [0.3, 0.4) is 0 Å². The molecule has 1 N–H and O–H groups in total. The van der Waals surface area contributed by atoms with Crippen LogP contribution in [0.25, 0.3) is 5.82 Å². The van der Waals surface area contributed by atoms with Gasteiger partial charge in [0.05, 0.1) is 0 Å². The molecular weight excluding hydrogens is 503 g/mol. The molecule has 4 rings (SSSR count). The molecule has 0 bridgehead atoms. The zero-order chi connectivity index (χ0) is 27.4. The Hall–Kier alpha value is -4.00. The van der Waals surface area contributed by atoms with Crippen molar-refractivity contribution in [2.45, 2.75) is 32.6 Å². The number of alkyl halides is 3. The molecule has 1 aromatic carbocycles. The van der Waals surface area contributed by atoms with Gasteiger partial charge in [-0.05, 0) is 30.5 Å². The van der Waals surface area contributed by atoms with Crippen molar-refractivity contribution in [3.8, 4) is 5.82 Å². The van der Waals surface area contributed by atoms with Gasteiger partial charge in [0, 0.05) is 51.7 Å². The molecule has 3 aromatic rings. The van der Waals surface area contributed by atoms with E-state index in [-0.39, 0.29) is 44.4 Å². The van der Waals surface area contributed by atoms with Gasteiger partial charge in [0.25, 0.3) is 0 Å². The second kappa shape index (κ2) is 11.2. The van der Waals surface area contributed by atoms with E-state index >= 15 is 0 Å². The standard InChI is InChI=1S/C25H28F3N7O3/c1-16-4-5-18(10-17(16)2)12-30-23(37)19-13-33(8-9-35(19)22(36)14-38-3)20-11-21(34-7-6-29-15-34)32-24(31-20)25(26,27)28/h4-7,10-11,15,19H,8-9,12-14H2,1-3H3,(H,30,37). The molecule has 0 aliphatic carbocycles. The molecule has 13 heteroatoms. The molecule has 0 spiro atoms. The summed E-state index contributed by atoms with van der Waals surface area (Å²) in [6.07, 6.45) is -0.566. The van der Waals surface area contributed by atoms with Gasteiger partial charge < -0.3 is 19.9 Å². The fourth-order valence-corrected chi connectivity index (χ4v) is 4.18. The third kappa shape index (κ3) is 6.10. The summed E-state index contributed by atoms with van der Waals surface area (Å²) in [5.74, 6) is -2.17. The predicted molar refractivity (Wildman–Crippen MR) is 132 cm³/mol. The Bertz CT molecular complexity index is 1300. The highest BCUT2D eigenvalue weighted by Gasteiger charge is 2.39. The Morgan fingerprint density at radius 3 is 2.53 bits per heavy atom. The van der Waals surface area contributed by atoms with Gasteiger partial charge in [-0.3, -0.25) is 14.2 Å². The molecule has 1 aliphatic heterocycles. The molecule has 3 heterocycles. The van der Waals surface area contributed by atoms with E-state index in [0.717, 1.165) is 16.7 Å². The van der Waals surface area contributed by atoms with Crippen molar-refractivity contribution >= 4 is 17.6 Å². The summed E-state index contributed by atoms with van der Waals surface area (Å²) in [5, 5.41) is 2.86. The summed E-state index contributed by atoms with van der Waals surface area (Å²) in [6.45, 7) is 4.16. The lowest BCUT2D eigenvalue weighted by Gasteiger charge is -2.41. The van der Waals surface area contributed by atoms with Gasteiger partial charge >= 0.3 is 6.18 Å². The molecule has 1 saturated heterocycles.